The normalized spacial score (nSPS) is 27.8. The monoisotopic (exact) mass is 530 g/mol. The number of nitrogens with one attached hydrogen (secondary N) is 1. The van der Waals surface area contributed by atoms with Crippen LogP contribution in [0.3, 0.4) is 0 Å². The fourth-order valence-corrected chi connectivity index (χ4v) is 6.70. The quantitative estimate of drug-likeness (QED) is 0.402. The van der Waals surface area contributed by atoms with E-state index in [1.165, 1.54) is 32.3 Å². The van der Waals surface area contributed by atoms with Gasteiger partial charge in [-0.15, -0.1) is 0 Å². The number of carboxylic acids is 1. The summed E-state index contributed by atoms with van der Waals surface area (Å²) in [5.41, 5.74) is -2.18. The SMILES string of the molecule is COC(=O)c1c(OC)cc(OC)cc1C1NC(CC2CCCCC2)(C(=O)O)C2C(=O)N(C(C)(C)C)C(=O)C12. The molecule has 4 unspecified atom stereocenters. The van der Waals surface area contributed by atoms with Crippen LogP contribution in [-0.4, -0.2) is 66.2 Å². The van der Waals surface area contributed by atoms with Crippen LogP contribution in [0.1, 0.15) is 81.3 Å². The van der Waals surface area contributed by atoms with Crippen molar-refractivity contribution >= 4 is 23.8 Å². The molecule has 3 aliphatic rings. The summed E-state index contributed by atoms with van der Waals surface area (Å²) in [7, 11) is 4.08. The number of carboxylic acid groups (broad SMARTS) is 1. The first kappa shape index (κ1) is 27.9. The van der Waals surface area contributed by atoms with Crippen LogP contribution < -0.4 is 14.8 Å². The van der Waals surface area contributed by atoms with Gasteiger partial charge in [-0.25, -0.2) is 4.79 Å². The molecule has 1 aliphatic carbocycles. The van der Waals surface area contributed by atoms with E-state index in [1.54, 1.807) is 26.8 Å². The molecule has 2 N–H and O–H groups in total. The summed E-state index contributed by atoms with van der Waals surface area (Å²) in [5, 5.41) is 14.0. The van der Waals surface area contributed by atoms with E-state index >= 15 is 0 Å². The lowest BCUT2D eigenvalue weighted by molar-refractivity contribution is -0.154. The van der Waals surface area contributed by atoms with Gasteiger partial charge >= 0.3 is 11.9 Å². The number of amides is 2. The highest BCUT2D eigenvalue weighted by molar-refractivity contribution is 6.10. The molecule has 208 valence electrons. The predicted octanol–water partition coefficient (Wildman–Crippen LogP) is 3.33. The Morgan fingerprint density at radius 2 is 1.71 bits per heavy atom. The van der Waals surface area contributed by atoms with Crippen LogP contribution in [0.15, 0.2) is 12.1 Å². The number of hydrogen-bond acceptors (Lipinski definition) is 8. The predicted molar refractivity (Wildman–Crippen MR) is 137 cm³/mol. The maximum atomic E-state index is 14.0. The van der Waals surface area contributed by atoms with Gasteiger partial charge in [-0.3, -0.25) is 24.6 Å². The molecule has 0 radical (unpaired) electrons. The lowest BCUT2D eigenvalue weighted by Gasteiger charge is -2.37. The summed E-state index contributed by atoms with van der Waals surface area (Å²) in [5.74, 6) is -4.42. The average molecular weight is 531 g/mol. The van der Waals surface area contributed by atoms with Crippen molar-refractivity contribution in [1.29, 1.82) is 0 Å². The summed E-state index contributed by atoms with van der Waals surface area (Å²) < 4.78 is 16.0. The molecule has 0 spiro atoms. The standard InChI is InChI=1S/C28H38N2O8/c1-27(2,3)30-23(31)20-21(24(30)32)28(26(34)35,14-15-10-8-7-9-11-15)29-22(20)17-12-16(36-4)13-18(37-5)19(17)25(33)38-6/h12-13,15,20-22,29H,7-11,14H2,1-6H3,(H,34,35). The second kappa shape index (κ2) is 10.2. The van der Waals surface area contributed by atoms with Crippen LogP contribution in [0.4, 0.5) is 0 Å². The zero-order chi connectivity index (χ0) is 28.0. The van der Waals surface area contributed by atoms with Crippen LogP contribution in [0.5, 0.6) is 11.5 Å². The third-order valence-electron chi connectivity index (χ3n) is 8.33. The molecule has 0 aromatic heterocycles. The Labute approximate surface area is 223 Å². The molecule has 2 heterocycles. The molecule has 10 nitrogen and oxygen atoms in total. The summed E-state index contributed by atoms with van der Waals surface area (Å²) in [6.45, 7) is 5.26. The number of hydrogen-bond donors (Lipinski definition) is 2. The van der Waals surface area contributed by atoms with E-state index in [9.17, 15) is 24.3 Å². The van der Waals surface area contributed by atoms with E-state index < -0.39 is 52.7 Å². The van der Waals surface area contributed by atoms with Gasteiger partial charge in [0.1, 0.15) is 22.6 Å². The largest absolute Gasteiger partial charge is 0.497 e. The highest BCUT2D eigenvalue weighted by Gasteiger charge is 2.70. The minimum atomic E-state index is -1.69. The van der Waals surface area contributed by atoms with Gasteiger partial charge < -0.3 is 19.3 Å². The number of aliphatic carboxylic acids is 1. The Morgan fingerprint density at radius 3 is 2.24 bits per heavy atom. The van der Waals surface area contributed by atoms with Crippen molar-refractivity contribution in [2.24, 2.45) is 17.8 Å². The van der Waals surface area contributed by atoms with Gasteiger partial charge in [0.15, 0.2) is 0 Å². The van der Waals surface area contributed by atoms with Crippen LogP contribution in [-0.2, 0) is 19.1 Å². The van der Waals surface area contributed by atoms with E-state index in [4.69, 9.17) is 14.2 Å². The molecule has 10 heteroatoms. The topological polar surface area (TPSA) is 131 Å². The van der Waals surface area contributed by atoms with Crippen molar-refractivity contribution in [2.45, 2.75) is 76.4 Å². The number of nitrogens with zero attached hydrogens (tertiary/aromatic N) is 1. The van der Waals surface area contributed by atoms with E-state index in [0.29, 0.717) is 11.3 Å². The van der Waals surface area contributed by atoms with Gasteiger partial charge in [0.05, 0.1) is 33.2 Å². The number of rotatable bonds is 7. The van der Waals surface area contributed by atoms with Crippen LogP contribution in [0, 0.1) is 17.8 Å². The number of carbonyl (C=O) groups is 4. The number of methoxy groups -OCH3 is 3. The van der Waals surface area contributed by atoms with Crippen LogP contribution in [0.25, 0.3) is 0 Å². The molecule has 0 bridgehead atoms. The average Bonchev–Trinajstić information content (AvgIpc) is 3.36. The molecular weight excluding hydrogens is 492 g/mol. The summed E-state index contributed by atoms with van der Waals surface area (Å²) in [4.78, 5) is 55.3. The summed E-state index contributed by atoms with van der Waals surface area (Å²) >= 11 is 0. The molecule has 2 saturated heterocycles. The first-order chi connectivity index (χ1) is 17.9. The van der Waals surface area contributed by atoms with Crippen LogP contribution >= 0.6 is 0 Å². The Kier molecular flexibility index (Phi) is 7.49. The molecule has 4 atom stereocenters. The van der Waals surface area contributed by atoms with Gasteiger partial charge in [-0.2, -0.15) is 0 Å². The molecule has 1 saturated carbocycles. The van der Waals surface area contributed by atoms with E-state index in [0.717, 1.165) is 32.1 Å². The fraction of sp³-hybridized carbons (Fsp3) is 0.643. The number of likely N-dealkylation sites (tertiary alicyclic amines) is 1. The molecule has 4 rings (SSSR count). The van der Waals surface area contributed by atoms with Crippen molar-refractivity contribution in [3.05, 3.63) is 23.3 Å². The fourth-order valence-electron chi connectivity index (χ4n) is 6.70. The number of esters is 1. The third-order valence-corrected chi connectivity index (χ3v) is 8.33. The number of benzene rings is 1. The highest BCUT2D eigenvalue weighted by Crippen LogP contribution is 2.54. The lowest BCUT2D eigenvalue weighted by atomic mass is 9.72. The zero-order valence-corrected chi connectivity index (χ0v) is 23.0. The van der Waals surface area contributed by atoms with Gasteiger partial charge in [-0.05, 0) is 44.7 Å². The smallest absolute Gasteiger partial charge is 0.341 e. The molecule has 2 amide bonds. The van der Waals surface area contributed by atoms with E-state index in [2.05, 4.69) is 5.32 Å². The summed E-state index contributed by atoms with van der Waals surface area (Å²) in [6.07, 6.45) is 5.04. The second-order valence-corrected chi connectivity index (χ2v) is 11.6. The first-order valence-corrected chi connectivity index (χ1v) is 13.1. The van der Waals surface area contributed by atoms with Gasteiger partial charge in [0, 0.05) is 17.6 Å². The molecule has 1 aromatic rings. The van der Waals surface area contributed by atoms with Crippen molar-refractivity contribution in [2.75, 3.05) is 21.3 Å². The van der Waals surface area contributed by atoms with Crippen molar-refractivity contribution in [3.8, 4) is 11.5 Å². The Bertz CT molecular complexity index is 1140. The maximum Gasteiger partial charge on any atom is 0.341 e. The van der Waals surface area contributed by atoms with E-state index in [-0.39, 0.29) is 23.7 Å². The molecule has 1 aromatic carbocycles. The van der Waals surface area contributed by atoms with Crippen molar-refractivity contribution in [1.82, 2.24) is 10.2 Å². The van der Waals surface area contributed by atoms with Gasteiger partial charge in [0.25, 0.3) is 0 Å². The number of imide groups is 1. The highest BCUT2D eigenvalue weighted by atomic mass is 16.5. The number of carbonyl (C=O) groups excluding carboxylic acids is 3. The Balaban J connectivity index is 1.95. The Hall–Kier alpha value is -3.14. The maximum absolute atomic E-state index is 14.0. The third kappa shape index (κ3) is 4.42. The number of fused-ring (bicyclic) bond motifs is 1. The first-order valence-electron chi connectivity index (χ1n) is 13.1. The van der Waals surface area contributed by atoms with Crippen molar-refractivity contribution in [3.63, 3.8) is 0 Å². The molecular formula is C28H38N2O8. The number of ether oxygens (including phenoxy) is 3. The van der Waals surface area contributed by atoms with E-state index in [1.807, 2.05) is 0 Å². The second-order valence-electron chi connectivity index (χ2n) is 11.6. The lowest BCUT2D eigenvalue weighted by Crippen LogP contribution is -2.58. The summed E-state index contributed by atoms with van der Waals surface area (Å²) in [6, 6.07) is 2.14. The molecule has 38 heavy (non-hydrogen) atoms. The van der Waals surface area contributed by atoms with Crippen LogP contribution in [0.2, 0.25) is 0 Å². The molecule has 2 aliphatic heterocycles. The molecule has 3 fully saturated rings. The minimum absolute atomic E-state index is 0.0559. The van der Waals surface area contributed by atoms with Crippen molar-refractivity contribution < 1.29 is 38.5 Å². The van der Waals surface area contributed by atoms with Gasteiger partial charge in [-0.1, -0.05) is 32.1 Å². The zero-order valence-electron chi connectivity index (χ0n) is 23.0. The Morgan fingerprint density at radius 1 is 1.05 bits per heavy atom. The van der Waals surface area contributed by atoms with Gasteiger partial charge in [0.2, 0.25) is 11.8 Å². The minimum Gasteiger partial charge on any atom is -0.497 e.